The summed E-state index contributed by atoms with van der Waals surface area (Å²) in [4.78, 5) is 11.8. The van der Waals surface area contributed by atoms with E-state index in [0.717, 1.165) is 31.7 Å². The van der Waals surface area contributed by atoms with Crippen LogP contribution in [0.1, 0.15) is 35.9 Å². The molecule has 2 heterocycles. The summed E-state index contributed by atoms with van der Waals surface area (Å²) in [7, 11) is 0. The molecule has 0 aromatic carbocycles. The Morgan fingerprint density at radius 2 is 2.53 bits per heavy atom. The zero-order valence-electron chi connectivity index (χ0n) is 10.3. The molecule has 1 unspecified atom stereocenters. The number of carbonyl (C=O) groups is 1. The number of aromatic nitrogens is 2. The third kappa shape index (κ3) is 3.30. The molecule has 1 aliphatic heterocycles. The monoisotopic (exact) mass is 236 g/mol. The number of carbonyl (C=O) groups excluding carboxylic acids is 1. The Balaban J connectivity index is 1.80. The summed E-state index contributed by atoms with van der Waals surface area (Å²) in [5, 5.41) is 13.1. The molecule has 0 bridgehead atoms. The maximum Gasteiger partial charge on any atom is 0.271 e. The topological polar surface area (TPSA) is 69.8 Å². The molecule has 1 aromatic heterocycles. The average Bonchev–Trinajstić information content (AvgIpc) is 2.86. The van der Waals surface area contributed by atoms with Crippen LogP contribution in [0.15, 0.2) is 6.07 Å². The SMILES string of the molecule is CCc1cc(C(=O)NCC2CCCNC2)n[nH]1. The number of hydrogen-bond donors (Lipinski definition) is 3. The van der Waals surface area contributed by atoms with E-state index in [1.54, 1.807) is 0 Å². The van der Waals surface area contributed by atoms with Crippen LogP contribution in [0.5, 0.6) is 0 Å². The van der Waals surface area contributed by atoms with Gasteiger partial charge in [0.25, 0.3) is 5.91 Å². The minimum atomic E-state index is -0.0773. The average molecular weight is 236 g/mol. The van der Waals surface area contributed by atoms with Crippen molar-refractivity contribution < 1.29 is 4.79 Å². The molecule has 0 saturated carbocycles. The van der Waals surface area contributed by atoms with Gasteiger partial charge >= 0.3 is 0 Å². The molecule has 1 amide bonds. The van der Waals surface area contributed by atoms with Gasteiger partial charge in [0.05, 0.1) is 0 Å². The third-order valence-corrected chi connectivity index (χ3v) is 3.19. The van der Waals surface area contributed by atoms with Crippen molar-refractivity contribution in [1.29, 1.82) is 0 Å². The van der Waals surface area contributed by atoms with Crippen molar-refractivity contribution in [2.45, 2.75) is 26.2 Å². The summed E-state index contributed by atoms with van der Waals surface area (Å²) in [6.07, 6.45) is 3.25. The number of H-pyrrole nitrogens is 1. The predicted molar refractivity (Wildman–Crippen MR) is 65.9 cm³/mol. The number of aryl methyl sites for hydroxylation is 1. The number of amides is 1. The van der Waals surface area contributed by atoms with Crippen LogP contribution >= 0.6 is 0 Å². The van der Waals surface area contributed by atoms with Gasteiger partial charge in [0.1, 0.15) is 5.69 Å². The first-order chi connectivity index (χ1) is 8.29. The molecular formula is C12H20N4O. The fourth-order valence-electron chi connectivity index (χ4n) is 2.08. The maximum absolute atomic E-state index is 11.8. The van der Waals surface area contributed by atoms with Crippen molar-refractivity contribution in [1.82, 2.24) is 20.8 Å². The van der Waals surface area contributed by atoms with Crippen LogP contribution in [0.2, 0.25) is 0 Å². The van der Waals surface area contributed by atoms with E-state index in [2.05, 4.69) is 20.8 Å². The van der Waals surface area contributed by atoms with Crippen molar-refractivity contribution in [3.63, 3.8) is 0 Å². The van der Waals surface area contributed by atoms with Crippen LogP contribution in [0, 0.1) is 5.92 Å². The second kappa shape index (κ2) is 5.82. The van der Waals surface area contributed by atoms with Crippen LogP contribution in [0.4, 0.5) is 0 Å². The van der Waals surface area contributed by atoms with Gasteiger partial charge in [-0.05, 0) is 44.3 Å². The first-order valence-electron chi connectivity index (χ1n) is 6.32. The second-order valence-corrected chi connectivity index (χ2v) is 4.55. The minimum absolute atomic E-state index is 0.0773. The largest absolute Gasteiger partial charge is 0.350 e. The highest BCUT2D eigenvalue weighted by Crippen LogP contribution is 2.08. The first-order valence-corrected chi connectivity index (χ1v) is 6.32. The molecule has 5 heteroatoms. The quantitative estimate of drug-likeness (QED) is 0.721. The summed E-state index contributed by atoms with van der Waals surface area (Å²) in [5.74, 6) is 0.476. The number of piperidine rings is 1. The van der Waals surface area contributed by atoms with E-state index >= 15 is 0 Å². The molecule has 94 valence electrons. The Labute approximate surface area is 101 Å². The van der Waals surface area contributed by atoms with E-state index < -0.39 is 0 Å². The standard InChI is InChI=1S/C12H20N4O/c1-2-10-6-11(16-15-10)12(17)14-8-9-4-3-5-13-7-9/h6,9,13H,2-5,7-8H2,1H3,(H,14,17)(H,15,16). The molecule has 1 saturated heterocycles. The lowest BCUT2D eigenvalue weighted by Gasteiger charge is -2.22. The van der Waals surface area contributed by atoms with Crippen LogP contribution in [-0.2, 0) is 6.42 Å². The lowest BCUT2D eigenvalue weighted by Crippen LogP contribution is -2.38. The van der Waals surface area contributed by atoms with Gasteiger partial charge in [0, 0.05) is 12.2 Å². The van der Waals surface area contributed by atoms with Crippen molar-refractivity contribution in [3.8, 4) is 0 Å². The summed E-state index contributed by atoms with van der Waals surface area (Å²) in [6.45, 7) is 4.87. The molecule has 0 spiro atoms. The van der Waals surface area contributed by atoms with Crippen molar-refractivity contribution in [2.24, 2.45) is 5.92 Å². The molecule has 17 heavy (non-hydrogen) atoms. The Morgan fingerprint density at radius 1 is 1.65 bits per heavy atom. The van der Waals surface area contributed by atoms with E-state index in [1.807, 2.05) is 13.0 Å². The summed E-state index contributed by atoms with van der Waals surface area (Å²) in [5.41, 5.74) is 1.49. The summed E-state index contributed by atoms with van der Waals surface area (Å²) >= 11 is 0. The molecular weight excluding hydrogens is 216 g/mol. The van der Waals surface area contributed by atoms with Gasteiger partial charge in [0.2, 0.25) is 0 Å². The molecule has 0 radical (unpaired) electrons. The molecule has 3 N–H and O–H groups in total. The van der Waals surface area contributed by atoms with Gasteiger partial charge in [-0.3, -0.25) is 9.89 Å². The number of rotatable bonds is 4. The molecule has 2 rings (SSSR count). The van der Waals surface area contributed by atoms with Gasteiger partial charge in [-0.25, -0.2) is 0 Å². The zero-order valence-corrected chi connectivity index (χ0v) is 10.3. The lowest BCUT2D eigenvalue weighted by atomic mass is 10.00. The molecule has 5 nitrogen and oxygen atoms in total. The van der Waals surface area contributed by atoms with E-state index in [1.165, 1.54) is 12.8 Å². The Bertz CT molecular complexity index is 368. The summed E-state index contributed by atoms with van der Waals surface area (Å²) in [6, 6.07) is 1.81. The molecule has 0 aliphatic carbocycles. The maximum atomic E-state index is 11.8. The van der Waals surface area contributed by atoms with Gasteiger partial charge in [-0.15, -0.1) is 0 Å². The molecule has 1 aromatic rings. The zero-order chi connectivity index (χ0) is 12.1. The van der Waals surface area contributed by atoms with Gasteiger partial charge < -0.3 is 10.6 Å². The van der Waals surface area contributed by atoms with E-state index in [0.29, 0.717) is 11.6 Å². The van der Waals surface area contributed by atoms with Crippen LogP contribution < -0.4 is 10.6 Å². The first kappa shape index (κ1) is 12.1. The summed E-state index contributed by atoms with van der Waals surface area (Å²) < 4.78 is 0. The van der Waals surface area contributed by atoms with E-state index in [4.69, 9.17) is 0 Å². The van der Waals surface area contributed by atoms with Gasteiger partial charge in [-0.2, -0.15) is 5.10 Å². The van der Waals surface area contributed by atoms with Crippen LogP contribution in [-0.4, -0.2) is 35.7 Å². The highest BCUT2D eigenvalue weighted by Gasteiger charge is 2.15. The highest BCUT2D eigenvalue weighted by atomic mass is 16.1. The van der Waals surface area contributed by atoms with Crippen LogP contribution in [0.25, 0.3) is 0 Å². The predicted octanol–water partition coefficient (Wildman–Crippen LogP) is 0.701. The van der Waals surface area contributed by atoms with E-state index in [9.17, 15) is 4.79 Å². The lowest BCUT2D eigenvalue weighted by molar-refractivity contribution is 0.0940. The Kier molecular flexibility index (Phi) is 4.14. The molecule has 1 atom stereocenters. The van der Waals surface area contributed by atoms with Crippen molar-refractivity contribution in [3.05, 3.63) is 17.5 Å². The van der Waals surface area contributed by atoms with Crippen LogP contribution in [0.3, 0.4) is 0 Å². The highest BCUT2D eigenvalue weighted by molar-refractivity contribution is 5.92. The number of aromatic amines is 1. The molecule has 1 aliphatic rings. The Hall–Kier alpha value is -1.36. The van der Waals surface area contributed by atoms with Gasteiger partial charge in [0.15, 0.2) is 0 Å². The second-order valence-electron chi connectivity index (χ2n) is 4.55. The van der Waals surface area contributed by atoms with E-state index in [-0.39, 0.29) is 5.91 Å². The van der Waals surface area contributed by atoms with Crippen molar-refractivity contribution in [2.75, 3.05) is 19.6 Å². The number of nitrogens with zero attached hydrogens (tertiary/aromatic N) is 1. The molecule has 1 fully saturated rings. The number of hydrogen-bond acceptors (Lipinski definition) is 3. The smallest absolute Gasteiger partial charge is 0.271 e. The fraction of sp³-hybridized carbons (Fsp3) is 0.667. The minimum Gasteiger partial charge on any atom is -0.350 e. The van der Waals surface area contributed by atoms with Gasteiger partial charge in [-0.1, -0.05) is 6.92 Å². The third-order valence-electron chi connectivity index (χ3n) is 3.19. The fourth-order valence-corrected chi connectivity index (χ4v) is 2.08. The Morgan fingerprint density at radius 3 is 3.18 bits per heavy atom. The normalized spacial score (nSPS) is 20.2. The number of nitrogens with one attached hydrogen (secondary N) is 3. The van der Waals surface area contributed by atoms with Crippen molar-refractivity contribution >= 4 is 5.91 Å².